The molecule has 0 spiro atoms. The van der Waals surface area contributed by atoms with Gasteiger partial charge in [0.25, 0.3) is 11.8 Å². The van der Waals surface area contributed by atoms with Crippen molar-refractivity contribution in [3.63, 3.8) is 0 Å². The molecule has 0 saturated heterocycles. The molecule has 0 bridgehead atoms. The molecule has 10 heteroatoms. The molecule has 6 aromatic rings. The van der Waals surface area contributed by atoms with Crippen LogP contribution in [0.2, 0.25) is 0 Å². The van der Waals surface area contributed by atoms with Crippen LogP contribution in [0.15, 0.2) is 128 Å². The normalized spacial score (nSPS) is 12.8. The largest absolute Gasteiger partial charge is 0.352 e. The smallest absolute Gasteiger partial charge is 0.274 e. The zero-order valence-electron chi connectivity index (χ0n) is 27.3. The van der Waals surface area contributed by atoms with Gasteiger partial charge in [0.15, 0.2) is 5.69 Å². The fourth-order valence-corrected chi connectivity index (χ4v) is 6.36. The Morgan fingerprint density at radius 2 is 1.37 bits per heavy atom. The van der Waals surface area contributed by atoms with E-state index in [0.717, 1.165) is 35.4 Å². The second-order valence-corrected chi connectivity index (χ2v) is 12.1. The fourth-order valence-electron chi connectivity index (χ4n) is 6.36. The van der Waals surface area contributed by atoms with Crippen LogP contribution in [0.1, 0.15) is 68.8 Å². The molecule has 1 aliphatic carbocycles. The van der Waals surface area contributed by atoms with Crippen molar-refractivity contribution in [3.05, 3.63) is 167 Å². The van der Waals surface area contributed by atoms with Gasteiger partial charge >= 0.3 is 0 Å². The highest BCUT2D eigenvalue weighted by Gasteiger charge is 2.39. The monoisotopic (exact) mass is 650 g/mol. The van der Waals surface area contributed by atoms with E-state index in [0.29, 0.717) is 36.6 Å². The Kier molecular flexibility index (Phi) is 9.12. The molecule has 2 amide bonds. The topological polar surface area (TPSA) is 119 Å². The fraction of sp³-hybridized carbons (Fsp3) is 0.205. The Bertz CT molecular complexity index is 1920. The number of benzene rings is 4. The Morgan fingerprint density at radius 1 is 0.776 bits per heavy atom. The Balaban J connectivity index is 1.24. The first kappa shape index (κ1) is 31.7. The van der Waals surface area contributed by atoms with Gasteiger partial charge in [-0.05, 0) is 60.7 Å². The van der Waals surface area contributed by atoms with E-state index in [1.807, 2.05) is 49.6 Å². The number of hydrogen-bond acceptors (Lipinski definition) is 6. The van der Waals surface area contributed by atoms with Gasteiger partial charge in [0.05, 0.1) is 17.9 Å². The summed E-state index contributed by atoms with van der Waals surface area (Å²) in [4.78, 5) is 30.5. The molecular formula is C39H38N8O2. The molecule has 0 radical (unpaired) electrons. The van der Waals surface area contributed by atoms with Crippen molar-refractivity contribution in [2.45, 2.75) is 44.4 Å². The summed E-state index contributed by atoms with van der Waals surface area (Å²) in [6.45, 7) is 3.11. The molecule has 7 rings (SSSR count). The SMILES string of the molecule is CCNC(=O)c1ccc(-n2nnc(C(=O)NC3CC3)c2CNCc2nccn2C(c2ccccc2)(c2ccccc2)c2ccccc2)cc1. The number of nitrogens with one attached hydrogen (secondary N) is 3. The zero-order chi connectivity index (χ0) is 33.6. The maximum atomic E-state index is 13.3. The third-order valence-electron chi connectivity index (χ3n) is 8.83. The average molecular weight is 651 g/mol. The number of imidazole rings is 1. The van der Waals surface area contributed by atoms with Gasteiger partial charge < -0.3 is 20.5 Å². The summed E-state index contributed by atoms with van der Waals surface area (Å²) in [5.41, 5.74) is 4.72. The molecule has 0 atom stereocenters. The molecule has 0 aliphatic heterocycles. The van der Waals surface area contributed by atoms with Gasteiger partial charge in [0.1, 0.15) is 11.4 Å². The van der Waals surface area contributed by atoms with Gasteiger partial charge in [-0.2, -0.15) is 0 Å². The first-order chi connectivity index (χ1) is 24.1. The highest BCUT2D eigenvalue weighted by atomic mass is 16.2. The Labute approximate surface area is 285 Å². The third-order valence-corrected chi connectivity index (χ3v) is 8.83. The van der Waals surface area contributed by atoms with Gasteiger partial charge in [0.2, 0.25) is 0 Å². The van der Waals surface area contributed by atoms with E-state index in [-0.39, 0.29) is 23.6 Å². The molecular weight excluding hydrogens is 612 g/mol. The first-order valence-electron chi connectivity index (χ1n) is 16.6. The van der Waals surface area contributed by atoms with Crippen molar-refractivity contribution in [1.82, 2.24) is 40.5 Å². The van der Waals surface area contributed by atoms with E-state index in [4.69, 9.17) is 4.98 Å². The predicted molar refractivity (Wildman–Crippen MR) is 187 cm³/mol. The lowest BCUT2D eigenvalue weighted by molar-refractivity contribution is 0.0940. The lowest BCUT2D eigenvalue weighted by Gasteiger charge is -2.38. The van der Waals surface area contributed by atoms with Crippen molar-refractivity contribution in [2.75, 3.05) is 6.54 Å². The first-order valence-corrected chi connectivity index (χ1v) is 16.6. The summed E-state index contributed by atoms with van der Waals surface area (Å²) in [5.74, 6) is 0.417. The van der Waals surface area contributed by atoms with Gasteiger partial charge in [0, 0.05) is 37.1 Å². The van der Waals surface area contributed by atoms with E-state index in [9.17, 15) is 9.59 Å². The minimum absolute atomic E-state index is 0.146. The maximum absolute atomic E-state index is 13.3. The third kappa shape index (κ3) is 6.38. The summed E-state index contributed by atoms with van der Waals surface area (Å²) >= 11 is 0. The number of aromatic nitrogens is 5. The predicted octanol–water partition coefficient (Wildman–Crippen LogP) is 5.24. The van der Waals surface area contributed by atoms with Crippen LogP contribution in [0, 0.1) is 0 Å². The minimum atomic E-state index is -0.707. The van der Waals surface area contributed by atoms with Gasteiger partial charge in [-0.1, -0.05) is 96.2 Å². The lowest BCUT2D eigenvalue weighted by Crippen LogP contribution is -2.39. The van der Waals surface area contributed by atoms with E-state index in [1.165, 1.54) is 0 Å². The second kappa shape index (κ2) is 14.1. The molecule has 2 aromatic heterocycles. The van der Waals surface area contributed by atoms with Crippen LogP contribution in [-0.2, 0) is 18.6 Å². The average Bonchev–Trinajstić information content (AvgIpc) is 3.67. The summed E-state index contributed by atoms with van der Waals surface area (Å²) in [5, 5.41) is 18.1. The number of nitrogens with zero attached hydrogens (tertiary/aromatic N) is 5. The van der Waals surface area contributed by atoms with E-state index >= 15 is 0 Å². The number of rotatable bonds is 13. The summed E-state index contributed by atoms with van der Waals surface area (Å²) in [7, 11) is 0. The van der Waals surface area contributed by atoms with Gasteiger partial charge in [-0.25, -0.2) is 9.67 Å². The van der Waals surface area contributed by atoms with Gasteiger partial charge in [-0.15, -0.1) is 5.10 Å². The standard InChI is InChI=1S/C39H38N8O2/c1-2-41-37(48)28-18-22-33(23-19-28)47-34(36(44-45-47)38(49)43-32-20-21-32)26-40-27-35-42-24-25-46(35)39(29-12-6-3-7-13-29,30-14-8-4-9-15-30)31-16-10-5-11-17-31/h3-19,22-25,32,40H,2,20-21,26-27H2,1H3,(H,41,48)(H,43,49). The highest BCUT2D eigenvalue weighted by Crippen LogP contribution is 2.41. The lowest BCUT2D eigenvalue weighted by atomic mass is 9.76. The summed E-state index contributed by atoms with van der Waals surface area (Å²) in [6, 6.07) is 38.7. The quantitative estimate of drug-likeness (QED) is 0.147. The summed E-state index contributed by atoms with van der Waals surface area (Å²) in [6.07, 6.45) is 5.78. The number of carbonyl (C=O) groups excluding carboxylic acids is 2. The molecule has 1 fully saturated rings. The molecule has 246 valence electrons. The van der Waals surface area contributed by atoms with Crippen molar-refractivity contribution in [2.24, 2.45) is 0 Å². The molecule has 2 heterocycles. The van der Waals surface area contributed by atoms with Crippen molar-refractivity contribution in [1.29, 1.82) is 0 Å². The number of carbonyl (C=O) groups is 2. The van der Waals surface area contributed by atoms with Crippen LogP contribution in [0.3, 0.4) is 0 Å². The maximum Gasteiger partial charge on any atom is 0.274 e. The molecule has 0 unspecified atom stereocenters. The van der Waals surface area contributed by atoms with E-state index < -0.39 is 5.54 Å². The van der Waals surface area contributed by atoms with Crippen LogP contribution >= 0.6 is 0 Å². The van der Waals surface area contributed by atoms with Crippen LogP contribution in [0.4, 0.5) is 0 Å². The number of amides is 2. The molecule has 3 N–H and O–H groups in total. The van der Waals surface area contributed by atoms with Crippen molar-refractivity contribution < 1.29 is 9.59 Å². The molecule has 4 aromatic carbocycles. The Morgan fingerprint density at radius 3 is 1.92 bits per heavy atom. The van der Waals surface area contributed by atoms with Crippen molar-refractivity contribution in [3.8, 4) is 5.69 Å². The highest BCUT2D eigenvalue weighted by molar-refractivity contribution is 5.94. The van der Waals surface area contributed by atoms with Crippen LogP contribution < -0.4 is 16.0 Å². The molecule has 10 nitrogen and oxygen atoms in total. The van der Waals surface area contributed by atoms with Crippen LogP contribution in [-0.4, -0.2) is 48.9 Å². The second-order valence-electron chi connectivity index (χ2n) is 12.1. The van der Waals surface area contributed by atoms with Crippen molar-refractivity contribution >= 4 is 11.8 Å². The molecule has 1 aliphatic rings. The number of hydrogen-bond donors (Lipinski definition) is 3. The summed E-state index contributed by atoms with van der Waals surface area (Å²) < 4.78 is 3.89. The van der Waals surface area contributed by atoms with Gasteiger partial charge in [-0.3, -0.25) is 9.59 Å². The van der Waals surface area contributed by atoms with Crippen LogP contribution in [0.25, 0.3) is 5.69 Å². The molecule has 49 heavy (non-hydrogen) atoms. The minimum Gasteiger partial charge on any atom is -0.352 e. The van der Waals surface area contributed by atoms with Crippen LogP contribution in [0.5, 0.6) is 0 Å². The Hall–Kier alpha value is -5.87. The van der Waals surface area contributed by atoms with E-state index in [2.05, 4.69) is 104 Å². The molecule has 1 saturated carbocycles. The zero-order valence-corrected chi connectivity index (χ0v) is 27.3. The van der Waals surface area contributed by atoms with E-state index in [1.54, 1.807) is 16.8 Å².